The minimum atomic E-state index is -0.370. The molecule has 0 fully saturated rings. The van der Waals surface area contributed by atoms with E-state index in [0.717, 1.165) is 11.3 Å². The van der Waals surface area contributed by atoms with Gasteiger partial charge in [0.05, 0.1) is 0 Å². The van der Waals surface area contributed by atoms with Gasteiger partial charge in [-0.3, -0.25) is 4.79 Å². The van der Waals surface area contributed by atoms with Crippen LogP contribution in [0.3, 0.4) is 0 Å². The number of carbonyl (C=O) groups excluding carboxylic acids is 1. The SMILES string of the molecule is CC(C)(C)C(=O)Nc1ccccc1C(C)(C)C. The van der Waals surface area contributed by atoms with Gasteiger partial charge in [-0.05, 0) is 17.0 Å². The Labute approximate surface area is 104 Å². The molecule has 0 bridgehead atoms. The van der Waals surface area contributed by atoms with Gasteiger partial charge in [-0.15, -0.1) is 0 Å². The van der Waals surface area contributed by atoms with Crippen LogP contribution >= 0.6 is 0 Å². The topological polar surface area (TPSA) is 29.1 Å². The average Bonchev–Trinajstić information content (AvgIpc) is 2.15. The van der Waals surface area contributed by atoms with Gasteiger partial charge in [0, 0.05) is 11.1 Å². The van der Waals surface area contributed by atoms with E-state index in [1.807, 2.05) is 39.0 Å². The number of amides is 1. The van der Waals surface area contributed by atoms with Crippen molar-refractivity contribution in [3.8, 4) is 0 Å². The number of anilines is 1. The molecule has 0 radical (unpaired) electrons. The van der Waals surface area contributed by atoms with Crippen LogP contribution in [0, 0.1) is 5.41 Å². The molecule has 0 saturated heterocycles. The molecule has 1 rings (SSSR count). The molecule has 0 aliphatic rings. The Balaban J connectivity index is 3.04. The van der Waals surface area contributed by atoms with Crippen molar-refractivity contribution in [1.29, 1.82) is 0 Å². The number of hydrogen-bond acceptors (Lipinski definition) is 1. The summed E-state index contributed by atoms with van der Waals surface area (Å²) in [5.74, 6) is 0.0502. The first-order chi connectivity index (χ1) is 7.62. The van der Waals surface area contributed by atoms with Crippen molar-refractivity contribution in [1.82, 2.24) is 0 Å². The third-order valence-corrected chi connectivity index (χ3v) is 2.66. The zero-order valence-corrected chi connectivity index (χ0v) is 11.7. The summed E-state index contributed by atoms with van der Waals surface area (Å²) in [7, 11) is 0. The van der Waals surface area contributed by atoms with E-state index in [2.05, 4.69) is 32.2 Å². The van der Waals surface area contributed by atoms with Crippen LogP contribution < -0.4 is 5.32 Å². The summed E-state index contributed by atoms with van der Waals surface area (Å²) in [6.45, 7) is 12.2. The second kappa shape index (κ2) is 4.52. The van der Waals surface area contributed by atoms with E-state index in [4.69, 9.17) is 0 Å². The summed E-state index contributed by atoms with van der Waals surface area (Å²) >= 11 is 0. The van der Waals surface area contributed by atoms with Crippen molar-refractivity contribution >= 4 is 11.6 Å². The Morgan fingerprint density at radius 3 is 2.00 bits per heavy atom. The molecule has 17 heavy (non-hydrogen) atoms. The summed E-state index contributed by atoms with van der Waals surface area (Å²) in [4.78, 5) is 12.0. The minimum Gasteiger partial charge on any atom is -0.325 e. The van der Waals surface area contributed by atoms with E-state index in [-0.39, 0.29) is 16.7 Å². The van der Waals surface area contributed by atoms with Gasteiger partial charge in [-0.1, -0.05) is 59.7 Å². The fourth-order valence-corrected chi connectivity index (χ4v) is 1.56. The molecule has 0 spiro atoms. The number of carbonyl (C=O) groups is 1. The highest BCUT2D eigenvalue weighted by atomic mass is 16.2. The lowest BCUT2D eigenvalue weighted by molar-refractivity contribution is -0.123. The molecule has 0 unspecified atom stereocenters. The van der Waals surface area contributed by atoms with Crippen LogP contribution in [-0.4, -0.2) is 5.91 Å². The van der Waals surface area contributed by atoms with Gasteiger partial charge in [-0.25, -0.2) is 0 Å². The molecule has 0 aliphatic heterocycles. The van der Waals surface area contributed by atoms with E-state index in [1.165, 1.54) is 0 Å². The van der Waals surface area contributed by atoms with Crippen LogP contribution in [0.2, 0.25) is 0 Å². The lowest BCUT2D eigenvalue weighted by atomic mass is 9.85. The number of benzene rings is 1. The smallest absolute Gasteiger partial charge is 0.229 e. The molecular formula is C15H23NO. The fraction of sp³-hybridized carbons (Fsp3) is 0.533. The van der Waals surface area contributed by atoms with Gasteiger partial charge < -0.3 is 5.32 Å². The molecule has 0 saturated carbocycles. The molecular weight excluding hydrogens is 210 g/mol. The highest BCUT2D eigenvalue weighted by Gasteiger charge is 2.24. The van der Waals surface area contributed by atoms with Crippen LogP contribution in [0.15, 0.2) is 24.3 Å². The van der Waals surface area contributed by atoms with E-state index in [9.17, 15) is 4.79 Å². The number of para-hydroxylation sites is 1. The van der Waals surface area contributed by atoms with Crippen LogP contribution in [0.1, 0.15) is 47.1 Å². The predicted octanol–water partition coefficient (Wildman–Crippen LogP) is 3.97. The average molecular weight is 233 g/mol. The highest BCUT2D eigenvalue weighted by molar-refractivity contribution is 5.95. The van der Waals surface area contributed by atoms with Crippen molar-refractivity contribution in [2.24, 2.45) is 5.41 Å². The predicted molar refractivity (Wildman–Crippen MR) is 73.2 cm³/mol. The fourth-order valence-electron chi connectivity index (χ4n) is 1.56. The van der Waals surface area contributed by atoms with Crippen LogP contribution in [0.5, 0.6) is 0 Å². The number of rotatable bonds is 1. The van der Waals surface area contributed by atoms with Gasteiger partial charge in [0.1, 0.15) is 0 Å². The van der Waals surface area contributed by atoms with Crippen molar-refractivity contribution in [3.63, 3.8) is 0 Å². The van der Waals surface area contributed by atoms with E-state index < -0.39 is 0 Å². The number of nitrogens with one attached hydrogen (secondary N) is 1. The standard InChI is InChI=1S/C15H23NO/c1-14(2,3)11-9-7-8-10-12(11)16-13(17)15(4,5)6/h7-10H,1-6H3,(H,16,17). The molecule has 0 aliphatic carbocycles. The highest BCUT2D eigenvalue weighted by Crippen LogP contribution is 2.30. The van der Waals surface area contributed by atoms with Crippen LogP contribution in [0.25, 0.3) is 0 Å². The quantitative estimate of drug-likeness (QED) is 0.781. The lowest BCUT2D eigenvalue weighted by Gasteiger charge is -2.25. The number of hydrogen-bond donors (Lipinski definition) is 1. The Kier molecular flexibility index (Phi) is 3.65. The molecule has 94 valence electrons. The first kappa shape index (κ1) is 13.8. The minimum absolute atomic E-state index is 0.0295. The molecule has 1 amide bonds. The summed E-state index contributed by atoms with van der Waals surface area (Å²) < 4.78 is 0. The Hall–Kier alpha value is -1.31. The third kappa shape index (κ3) is 3.58. The van der Waals surface area contributed by atoms with Gasteiger partial charge in [0.15, 0.2) is 0 Å². The van der Waals surface area contributed by atoms with Gasteiger partial charge in [0.25, 0.3) is 0 Å². The second-order valence-electron chi connectivity index (χ2n) is 6.50. The summed E-state index contributed by atoms with van der Waals surface area (Å²) in [5, 5.41) is 3.02. The molecule has 0 aromatic heterocycles. The van der Waals surface area contributed by atoms with Gasteiger partial charge >= 0.3 is 0 Å². The zero-order valence-electron chi connectivity index (χ0n) is 11.7. The molecule has 0 heterocycles. The second-order valence-corrected chi connectivity index (χ2v) is 6.50. The maximum absolute atomic E-state index is 12.0. The first-order valence-corrected chi connectivity index (χ1v) is 6.03. The largest absolute Gasteiger partial charge is 0.325 e. The molecule has 2 nitrogen and oxygen atoms in total. The maximum atomic E-state index is 12.0. The van der Waals surface area contributed by atoms with Crippen molar-refractivity contribution < 1.29 is 4.79 Å². The third-order valence-electron chi connectivity index (χ3n) is 2.66. The van der Waals surface area contributed by atoms with Gasteiger partial charge in [-0.2, -0.15) is 0 Å². The Morgan fingerprint density at radius 2 is 1.53 bits per heavy atom. The Bertz CT molecular complexity index is 408. The molecule has 1 aromatic rings. The van der Waals surface area contributed by atoms with Gasteiger partial charge in [0.2, 0.25) is 5.91 Å². The molecule has 1 N–H and O–H groups in total. The van der Waals surface area contributed by atoms with Crippen molar-refractivity contribution in [2.45, 2.75) is 47.0 Å². The molecule has 2 heteroatoms. The summed E-state index contributed by atoms with van der Waals surface area (Å²) in [6, 6.07) is 7.99. The van der Waals surface area contributed by atoms with Crippen LogP contribution in [0.4, 0.5) is 5.69 Å². The van der Waals surface area contributed by atoms with Crippen molar-refractivity contribution in [3.05, 3.63) is 29.8 Å². The van der Waals surface area contributed by atoms with E-state index in [0.29, 0.717) is 0 Å². The molecule has 1 aromatic carbocycles. The lowest BCUT2D eigenvalue weighted by Crippen LogP contribution is -2.29. The first-order valence-electron chi connectivity index (χ1n) is 6.03. The Morgan fingerprint density at radius 1 is 1.00 bits per heavy atom. The van der Waals surface area contributed by atoms with Crippen LogP contribution in [-0.2, 0) is 10.2 Å². The normalized spacial score (nSPS) is 12.4. The van der Waals surface area contributed by atoms with E-state index >= 15 is 0 Å². The summed E-state index contributed by atoms with van der Waals surface area (Å²) in [6.07, 6.45) is 0. The monoisotopic (exact) mass is 233 g/mol. The zero-order chi connectivity index (χ0) is 13.3. The van der Waals surface area contributed by atoms with E-state index in [1.54, 1.807) is 0 Å². The summed E-state index contributed by atoms with van der Waals surface area (Å²) in [5.41, 5.74) is 1.74. The maximum Gasteiger partial charge on any atom is 0.229 e. The molecule has 0 atom stereocenters. The van der Waals surface area contributed by atoms with Crippen molar-refractivity contribution in [2.75, 3.05) is 5.32 Å².